The minimum absolute atomic E-state index is 0.0798. The van der Waals surface area contributed by atoms with Gasteiger partial charge in [0, 0.05) is 23.5 Å². The highest BCUT2D eigenvalue weighted by Crippen LogP contribution is 2.36. The Balaban J connectivity index is 2.06. The number of aryl methyl sites for hydroxylation is 1. The van der Waals surface area contributed by atoms with E-state index < -0.39 is 23.3 Å². The number of hydrogen-bond donors (Lipinski definition) is 1. The quantitative estimate of drug-likeness (QED) is 0.434. The van der Waals surface area contributed by atoms with Gasteiger partial charge in [-0.15, -0.1) is 13.2 Å². The van der Waals surface area contributed by atoms with E-state index in [-0.39, 0.29) is 17.1 Å². The lowest BCUT2D eigenvalue weighted by Crippen LogP contribution is -2.17. The Morgan fingerprint density at radius 3 is 2.41 bits per heavy atom. The van der Waals surface area contributed by atoms with Crippen molar-refractivity contribution in [3.05, 3.63) is 71.8 Å². The van der Waals surface area contributed by atoms with Gasteiger partial charge < -0.3 is 9.29 Å². The predicted octanol–water partition coefficient (Wildman–Crippen LogP) is 5.48. The summed E-state index contributed by atoms with van der Waals surface area (Å²) in [4.78, 5) is 4.02. The Hall–Kier alpha value is -2.78. The molecular weight excluding hydrogens is 410 g/mol. The average Bonchev–Trinajstić information content (AvgIpc) is 2.64. The highest BCUT2D eigenvalue weighted by Gasteiger charge is 2.32. The molecule has 1 aromatic heterocycles. The minimum Gasteiger partial charge on any atom is -0.405 e. The molecule has 0 aliphatic heterocycles. The molecule has 29 heavy (non-hydrogen) atoms. The van der Waals surface area contributed by atoms with Crippen molar-refractivity contribution in [2.45, 2.75) is 19.0 Å². The van der Waals surface area contributed by atoms with Crippen LogP contribution >= 0.6 is 0 Å². The van der Waals surface area contributed by atoms with Crippen LogP contribution in [0, 0.1) is 12.7 Å². The van der Waals surface area contributed by atoms with E-state index in [4.69, 9.17) is 4.55 Å². The van der Waals surface area contributed by atoms with Gasteiger partial charge in [0.05, 0.1) is 5.75 Å². The number of benzene rings is 2. The largest absolute Gasteiger partial charge is 0.573 e. The van der Waals surface area contributed by atoms with Crippen LogP contribution in [0.4, 0.5) is 17.6 Å². The third-order valence-corrected chi connectivity index (χ3v) is 4.75. The average molecular weight is 425 g/mol. The number of ether oxygens (including phenoxy) is 1. The van der Waals surface area contributed by atoms with Gasteiger partial charge in [-0.1, -0.05) is 24.3 Å². The molecule has 1 N–H and O–H groups in total. The van der Waals surface area contributed by atoms with Crippen LogP contribution in [0.5, 0.6) is 5.75 Å². The molecule has 4 nitrogen and oxygen atoms in total. The molecule has 1 atom stereocenters. The third kappa shape index (κ3) is 5.18. The maximum atomic E-state index is 14.3. The first-order valence-electron chi connectivity index (χ1n) is 8.31. The molecule has 9 heteroatoms. The van der Waals surface area contributed by atoms with Gasteiger partial charge >= 0.3 is 6.36 Å². The molecular formula is C20H15F4NO3S. The van der Waals surface area contributed by atoms with Crippen molar-refractivity contribution in [1.29, 1.82) is 0 Å². The number of hydrogen-bond acceptors (Lipinski definition) is 3. The number of nitrogens with zero attached hydrogens (tertiary/aromatic N) is 1. The van der Waals surface area contributed by atoms with Crippen LogP contribution in [0.3, 0.4) is 0 Å². The van der Waals surface area contributed by atoms with Crippen molar-refractivity contribution in [3.63, 3.8) is 0 Å². The van der Waals surface area contributed by atoms with E-state index >= 15 is 0 Å². The van der Waals surface area contributed by atoms with Gasteiger partial charge in [0.25, 0.3) is 0 Å². The third-order valence-electron chi connectivity index (χ3n) is 4.19. The maximum absolute atomic E-state index is 14.3. The molecule has 0 bridgehead atoms. The zero-order chi connectivity index (χ0) is 21.2. The Bertz CT molecular complexity index is 1070. The summed E-state index contributed by atoms with van der Waals surface area (Å²) in [6.07, 6.45) is -1.88. The number of halogens is 4. The van der Waals surface area contributed by atoms with E-state index in [1.165, 1.54) is 43.6 Å². The van der Waals surface area contributed by atoms with Crippen molar-refractivity contribution in [2.24, 2.45) is 0 Å². The molecule has 0 radical (unpaired) electrons. The van der Waals surface area contributed by atoms with Crippen molar-refractivity contribution < 1.29 is 31.1 Å². The lowest BCUT2D eigenvalue weighted by molar-refractivity contribution is -0.274. The van der Waals surface area contributed by atoms with Gasteiger partial charge in [-0.25, -0.2) is 8.60 Å². The Morgan fingerprint density at radius 1 is 1.07 bits per heavy atom. The summed E-state index contributed by atoms with van der Waals surface area (Å²) < 4.78 is 76.2. The number of alkyl halides is 3. The van der Waals surface area contributed by atoms with E-state index in [9.17, 15) is 21.8 Å². The van der Waals surface area contributed by atoms with Crippen LogP contribution in [-0.4, -0.2) is 20.1 Å². The fourth-order valence-corrected chi connectivity index (χ4v) is 3.34. The van der Waals surface area contributed by atoms with Gasteiger partial charge in [0.1, 0.15) is 11.6 Å². The molecule has 152 valence electrons. The molecule has 0 saturated heterocycles. The topological polar surface area (TPSA) is 59.4 Å². The highest BCUT2D eigenvalue weighted by atomic mass is 32.2. The first-order valence-corrected chi connectivity index (χ1v) is 9.58. The summed E-state index contributed by atoms with van der Waals surface area (Å²) in [5, 5.41) is 0. The summed E-state index contributed by atoms with van der Waals surface area (Å²) in [6, 6.07) is 10.2. The molecule has 1 unspecified atom stereocenters. The van der Waals surface area contributed by atoms with Crippen LogP contribution in [0.15, 0.2) is 54.9 Å². The van der Waals surface area contributed by atoms with E-state index in [2.05, 4.69) is 9.72 Å². The Kier molecular flexibility index (Phi) is 5.99. The fraction of sp³-hybridized carbons (Fsp3) is 0.150. The van der Waals surface area contributed by atoms with Crippen LogP contribution in [0.2, 0.25) is 0 Å². The molecule has 0 fully saturated rings. The molecule has 0 aliphatic carbocycles. The van der Waals surface area contributed by atoms with E-state index in [1.807, 2.05) is 0 Å². The van der Waals surface area contributed by atoms with Gasteiger partial charge in [0.15, 0.2) is 11.1 Å². The van der Waals surface area contributed by atoms with Gasteiger partial charge in [-0.05, 0) is 47.4 Å². The SMILES string of the molecule is Cc1ccc(-c2ccncc2-c2ccc(CS(=O)O)c(F)c2)cc1OC(F)(F)F. The predicted molar refractivity (Wildman–Crippen MR) is 101 cm³/mol. The van der Waals surface area contributed by atoms with Crippen LogP contribution in [0.1, 0.15) is 11.1 Å². The van der Waals surface area contributed by atoms with Crippen molar-refractivity contribution >= 4 is 11.1 Å². The Labute approximate surface area is 166 Å². The normalized spacial score (nSPS) is 12.6. The first-order chi connectivity index (χ1) is 13.6. The van der Waals surface area contributed by atoms with Gasteiger partial charge in [-0.2, -0.15) is 0 Å². The van der Waals surface area contributed by atoms with E-state index in [1.54, 1.807) is 18.2 Å². The fourth-order valence-electron chi connectivity index (χ4n) is 2.84. The van der Waals surface area contributed by atoms with Crippen LogP contribution in [0.25, 0.3) is 22.3 Å². The molecule has 3 rings (SSSR count). The molecule has 1 heterocycles. The summed E-state index contributed by atoms with van der Waals surface area (Å²) in [5.74, 6) is -1.34. The van der Waals surface area contributed by atoms with Crippen LogP contribution < -0.4 is 4.74 Å². The van der Waals surface area contributed by atoms with Gasteiger partial charge in [-0.3, -0.25) is 4.98 Å². The molecule has 2 aromatic carbocycles. The lowest BCUT2D eigenvalue weighted by Gasteiger charge is -2.15. The lowest BCUT2D eigenvalue weighted by atomic mass is 9.95. The maximum Gasteiger partial charge on any atom is 0.573 e. The number of rotatable bonds is 5. The van der Waals surface area contributed by atoms with Crippen LogP contribution in [-0.2, 0) is 16.8 Å². The molecule has 0 saturated carbocycles. The van der Waals surface area contributed by atoms with Gasteiger partial charge in [0.2, 0.25) is 0 Å². The molecule has 3 aromatic rings. The molecule has 0 aliphatic rings. The summed E-state index contributed by atoms with van der Waals surface area (Å²) in [5.41, 5.74) is 2.28. The zero-order valence-electron chi connectivity index (χ0n) is 15.0. The molecule has 0 spiro atoms. The highest BCUT2D eigenvalue weighted by molar-refractivity contribution is 7.78. The smallest absolute Gasteiger partial charge is 0.405 e. The second-order valence-corrected chi connectivity index (χ2v) is 7.15. The molecule has 0 amide bonds. The summed E-state index contributed by atoms with van der Waals surface area (Å²) in [7, 11) is 0. The summed E-state index contributed by atoms with van der Waals surface area (Å²) in [6.45, 7) is 1.50. The standard InChI is InChI=1S/C20H15F4NO3S/c1-12-2-3-14(9-19(12)28-20(22,23)24)16-6-7-25-10-17(16)13-4-5-15(11-29(26)27)18(21)8-13/h2-10H,11H2,1H3,(H,26,27). The minimum atomic E-state index is -4.82. The second kappa shape index (κ2) is 8.30. The van der Waals surface area contributed by atoms with Crippen molar-refractivity contribution in [2.75, 3.05) is 0 Å². The Morgan fingerprint density at radius 2 is 1.76 bits per heavy atom. The van der Waals surface area contributed by atoms with E-state index in [0.29, 0.717) is 27.8 Å². The summed E-state index contributed by atoms with van der Waals surface area (Å²) >= 11 is -2.18. The van der Waals surface area contributed by atoms with E-state index in [0.717, 1.165) is 0 Å². The first kappa shape index (κ1) is 20.9. The van der Waals surface area contributed by atoms with Crippen molar-refractivity contribution in [3.8, 4) is 28.0 Å². The number of aromatic nitrogens is 1. The van der Waals surface area contributed by atoms with Crippen molar-refractivity contribution in [1.82, 2.24) is 4.98 Å². The number of pyridine rings is 1. The second-order valence-electron chi connectivity index (χ2n) is 6.22. The zero-order valence-corrected chi connectivity index (χ0v) is 15.9. The monoisotopic (exact) mass is 425 g/mol.